The lowest BCUT2D eigenvalue weighted by molar-refractivity contribution is -0.144. The van der Waals surface area contributed by atoms with Crippen LogP contribution in [0, 0.1) is 18.3 Å². The van der Waals surface area contributed by atoms with Gasteiger partial charge in [-0.25, -0.2) is 0 Å². The molecular formula is C39H38N2O6. The molecule has 0 saturated carbocycles. The lowest BCUT2D eigenvalue weighted by Crippen LogP contribution is -2.44. The zero-order chi connectivity index (χ0) is 32.8. The molecule has 4 aromatic rings. The number of hydrogen-bond acceptors (Lipinski definition) is 7. The lowest BCUT2D eigenvalue weighted by Gasteiger charge is -2.33. The summed E-state index contributed by atoms with van der Waals surface area (Å²) in [6, 6.07) is 25.0. The molecule has 0 aromatic heterocycles. The summed E-state index contributed by atoms with van der Waals surface area (Å²) >= 11 is 0. The second-order valence-corrected chi connectivity index (χ2v) is 11.9. The number of rotatable bonds is 11. The minimum absolute atomic E-state index is 0.244. The van der Waals surface area contributed by atoms with Crippen LogP contribution in [0.5, 0.6) is 23.0 Å². The van der Waals surface area contributed by atoms with E-state index < -0.39 is 12.0 Å². The molecule has 0 amide bonds. The molecular weight excluding hydrogens is 592 g/mol. The third-order valence-electron chi connectivity index (χ3n) is 8.82. The average molecular weight is 631 g/mol. The average Bonchev–Trinajstić information content (AvgIpc) is 3.10. The van der Waals surface area contributed by atoms with Gasteiger partial charge in [0.05, 0.1) is 11.6 Å². The first-order valence-corrected chi connectivity index (χ1v) is 15.9. The molecule has 0 aliphatic carbocycles. The van der Waals surface area contributed by atoms with Crippen molar-refractivity contribution in [1.29, 1.82) is 5.26 Å². The molecule has 0 radical (unpaired) electrons. The highest BCUT2D eigenvalue weighted by Crippen LogP contribution is 2.37. The van der Waals surface area contributed by atoms with Crippen molar-refractivity contribution in [2.24, 2.45) is 0 Å². The Balaban J connectivity index is 1.28. The van der Waals surface area contributed by atoms with Gasteiger partial charge in [0.2, 0.25) is 0 Å². The molecule has 8 heteroatoms. The summed E-state index contributed by atoms with van der Waals surface area (Å²) in [4.78, 5) is 14.1. The fraction of sp³-hybridized carbons (Fsp3) is 0.282. The standard InChI is InChI=1S/C39H38N2O6/c1-3-29-19-32(23-41-15-5-4-12-34(41)39(42)43)37(46-24-28-9-6-8-27(18-28)22-40)21-36(29)47-25-31-10-7-11-33(26(31)2)30-13-14-35-38(20-30)45-17-16-44-35/h3,6-11,13-14,18-21,34H,1,4-5,12,15-17,23-25H2,2H3,(H,42,43)/t34-/m0/s1. The molecule has 47 heavy (non-hydrogen) atoms. The third-order valence-corrected chi connectivity index (χ3v) is 8.82. The van der Waals surface area contributed by atoms with Crippen LogP contribution in [0.25, 0.3) is 17.2 Å². The van der Waals surface area contributed by atoms with Crippen LogP contribution in [0.4, 0.5) is 0 Å². The van der Waals surface area contributed by atoms with E-state index in [4.69, 9.17) is 18.9 Å². The number of piperidine rings is 1. The zero-order valence-corrected chi connectivity index (χ0v) is 26.5. The van der Waals surface area contributed by atoms with Crippen molar-refractivity contribution in [3.05, 3.63) is 113 Å². The Morgan fingerprint density at radius 1 is 0.979 bits per heavy atom. The minimum atomic E-state index is -0.807. The highest BCUT2D eigenvalue weighted by atomic mass is 16.6. The van der Waals surface area contributed by atoms with Crippen molar-refractivity contribution in [3.63, 3.8) is 0 Å². The number of fused-ring (bicyclic) bond motifs is 1. The van der Waals surface area contributed by atoms with Gasteiger partial charge in [-0.05, 0) is 84.5 Å². The predicted octanol–water partition coefficient (Wildman–Crippen LogP) is 7.55. The van der Waals surface area contributed by atoms with Crippen LogP contribution < -0.4 is 18.9 Å². The van der Waals surface area contributed by atoms with Crippen molar-refractivity contribution in [2.75, 3.05) is 19.8 Å². The molecule has 1 atom stereocenters. The smallest absolute Gasteiger partial charge is 0.320 e. The SMILES string of the molecule is C=Cc1cc(CN2CCCC[C@H]2C(=O)O)c(OCc2cccc(C#N)c2)cc1OCc1cccc(-c2ccc3c(c2)OCCO3)c1C. The summed E-state index contributed by atoms with van der Waals surface area (Å²) in [7, 11) is 0. The molecule has 0 bridgehead atoms. The van der Waals surface area contributed by atoms with E-state index in [1.54, 1.807) is 18.2 Å². The summed E-state index contributed by atoms with van der Waals surface area (Å²) < 4.78 is 24.4. The van der Waals surface area contributed by atoms with Gasteiger partial charge in [0.25, 0.3) is 0 Å². The van der Waals surface area contributed by atoms with E-state index >= 15 is 0 Å². The fourth-order valence-corrected chi connectivity index (χ4v) is 6.26. The van der Waals surface area contributed by atoms with E-state index in [0.29, 0.717) is 56.4 Å². The number of ether oxygens (including phenoxy) is 4. The van der Waals surface area contributed by atoms with Crippen molar-refractivity contribution in [3.8, 4) is 40.2 Å². The number of nitrogens with zero attached hydrogens (tertiary/aromatic N) is 2. The Kier molecular flexibility index (Phi) is 9.75. The monoisotopic (exact) mass is 630 g/mol. The molecule has 0 spiro atoms. The first kappa shape index (κ1) is 31.7. The number of benzene rings is 4. The number of hydrogen-bond donors (Lipinski definition) is 1. The van der Waals surface area contributed by atoms with Gasteiger partial charge in [-0.2, -0.15) is 5.26 Å². The maximum atomic E-state index is 12.1. The summed E-state index contributed by atoms with van der Waals surface area (Å²) in [6.45, 7) is 8.89. The molecule has 2 heterocycles. The van der Waals surface area contributed by atoms with Crippen molar-refractivity contribution < 1.29 is 28.8 Å². The Morgan fingerprint density at radius 2 is 1.79 bits per heavy atom. The summed E-state index contributed by atoms with van der Waals surface area (Å²) in [6.07, 6.45) is 4.21. The summed E-state index contributed by atoms with van der Waals surface area (Å²) in [5.41, 5.74) is 7.32. The first-order chi connectivity index (χ1) is 22.9. The molecule has 4 aromatic carbocycles. The fourth-order valence-electron chi connectivity index (χ4n) is 6.26. The van der Waals surface area contributed by atoms with E-state index in [0.717, 1.165) is 63.3 Å². The Bertz CT molecular complexity index is 1830. The summed E-state index contributed by atoms with van der Waals surface area (Å²) in [5, 5.41) is 19.3. The molecule has 2 aliphatic heterocycles. The lowest BCUT2D eigenvalue weighted by atomic mass is 9.96. The molecule has 240 valence electrons. The van der Waals surface area contributed by atoms with Gasteiger partial charge in [0.1, 0.15) is 44.0 Å². The Morgan fingerprint density at radius 3 is 2.60 bits per heavy atom. The molecule has 1 fully saturated rings. The normalized spacial score (nSPS) is 15.8. The van der Waals surface area contributed by atoms with Crippen LogP contribution in [0.1, 0.15) is 52.6 Å². The number of aliphatic carboxylic acids is 1. The second-order valence-electron chi connectivity index (χ2n) is 11.9. The highest BCUT2D eigenvalue weighted by Gasteiger charge is 2.29. The van der Waals surface area contributed by atoms with Crippen LogP contribution in [0.15, 0.2) is 79.4 Å². The second kappa shape index (κ2) is 14.4. The van der Waals surface area contributed by atoms with E-state index in [1.165, 1.54) is 0 Å². The van der Waals surface area contributed by atoms with Crippen LogP contribution in [0.2, 0.25) is 0 Å². The number of carboxylic acids is 1. The van der Waals surface area contributed by atoms with Gasteiger partial charge in [-0.3, -0.25) is 9.69 Å². The number of nitriles is 1. The zero-order valence-electron chi connectivity index (χ0n) is 26.5. The van der Waals surface area contributed by atoms with Crippen molar-refractivity contribution in [1.82, 2.24) is 4.90 Å². The maximum absolute atomic E-state index is 12.1. The van der Waals surface area contributed by atoms with Gasteiger partial charge in [0, 0.05) is 23.7 Å². The quantitative estimate of drug-likeness (QED) is 0.181. The van der Waals surface area contributed by atoms with Gasteiger partial charge in [0.15, 0.2) is 11.5 Å². The number of carbonyl (C=O) groups is 1. The predicted molar refractivity (Wildman–Crippen MR) is 180 cm³/mol. The van der Waals surface area contributed by atoms with Gasteiger partial charge in [-0.15, -0.1) is 0 Å². The van der Waals surface area contributed by atoms with Gasteiger partial charge < -0.3 is 24.1 Å². The van der Waals surface area contributed by atoms with Gasteiger partial charge >= 0.3 is 5.97 Å². The van der Waals surface area contributed by atoms with Crippen LogP contribution in [0.3, 0.4) is 0 Å². The van der Waals surface area contributed by atoms with E-state index in [1.807, 2.05) is 53.4 Å². The van der Waals surface area contributed by atoms with E-state index in [9.17, 15) is 15.2 Å². The molecule has 1 saturated heterocycles. The molecule has 2 aliphatic rings. The molecule has 6 rings (SSSR count). The van der Waals surface area contributed by atoms with E-state index in [-0.39, 0.29) is 6.61 Å². The first-order valence-electron chi connectivity index (χ1n) is 15.9. The van der Waals surface area contributed by atoms with Crippen LogP contribution >= 0.6 is 0 Å². The summed E-state index contributed by atoms with van der Waals surface area (Å²) in [5.74, 6) is 1.91. The topological polar surface area (TPSA) is 101 Å². The van der Waals surface area contributed by atoms with Crippen LogP contribution in [-0.2, 0) is 24.6 Å². The molecule has 8 nitrogen and oxygen atoms in total. The molecule has 1 N–H and O–H groups in total. The third kappa shape index (κ3) is 7.26. The minimum Gasteiger partial charge on any atom is -0.488 e. The maximum Gasteiger partial charge on any atom is 0.320 e. The van der Waals surface area contributed by atoms with Crippen molar-refractivity contribution >= 4 is 12.0 Å². The highest BCUT2D eigenvalue weighted by molar-refractivity contribution is 5.74. The Hall–Kier alpha value is -5.26. The van der Waals surface area contributed by atoms with Crippen LogP contribution in [-0.4, -0.2) is 41.8 Å². The molecule has 0 unspecified atom stereocenters. The Labute approximate surface area is 275 Å². The number of likely N-dealkylation sites (tertiary alicyclic amines) is 1. The number of carboxylic acid groups (broad SMARTS) is 1. The largest absolute Gasteiger partial charge is 0.488 e. The van der Waals surface area contributed by atoms with Crippen molar-refractivity contribution in [2.45, 2.75) is 52.0 Å². The van der Waals surface area contributed by atoms with Gasteiger partial charge in [-0.1, -0.05) is 55.5 Å². The van der Waals surface area contributed by atoms with E-state index in [2.05, 4.69) is 31.7 Å².